The van der Waals surface area contributed by atoms with E-state index in [1.54, 1.807) is 0 Å². The third kappa shape index (κ3) is 3.70. The highest BCUT2D eigenvalue weighted by atomic mass is 35.5. The van der Waals surface area contributed by atoms with Gasteiger partial charge in [0.05, 0.1) is 10.7 Å². The number of nitrogens with zero attached hydrogens (tertiary/aromatic N) is 2. The van der Waals surface area contributed by atoms with E-state index in [0.29, 0.717) is 11.5 Å². The van der Waals surface area contributed by atoms with Gasteiger partial charge in [0.1, 0.15) is 5.82 Å². The van der Waals surface area contributed by atoms with E-state index in [0.717, 1.165) is 42.1 Å². The zero-order valence-electron chi connectivity index (χ0n) is 13.3. The molecule has 1 N–H and O–H groups in total. The standard InChI is InChI=1S/C17H26ClN3/c1-17(2,3)12-8-9-21(11-12)16-7-6-14(18)15(20-16)10-19-13-4-5-13/h6-7,12-13,19H,4-5,8-11H2,1-3H3. The molecule has 116 valence electrons. The number of hydrogen-bond donors (Lipinski definition) is 1. The smallest absolute Gasteiger partial charge is 0.128 e. The third-order valence-corrected chi connectivity index (χ3v) is 5.12. The summed E-state index contributed by atoms with van der Waals surface area (Å²) >= 11 is 6.29. The first kappa shape index (κ1) is 15.1. The van der Waals surface area contributed by atoms with Gasteiger partial charge in [0.15, 0.2) is 0 Å². The van der Waals surface area contributed by atoms with E-state index in [9.17, 15) is 0 Å². The molecule has 1 aromatic heterocycles. The summed E-state index contributed by atoms with van der Waals surface area (Å²) in [5.74, 6) is 1.82. The summed E-state index contributed by atoms with van der Waals surface area (Å²) in [6, 6.07) is 4.75. The fourth-order valence-electron chi connectivity index (χ4n) is 2.98. The average molecular weight is 308 g/mol. The molecule has 2 aliphatic rings. The van der Waals surface area contributed by atoms with Crippen LogP contribution in [0.4, 0.5) is 5.82 Å². The molecule has 21 heavy (non-hydrogen) atoms. The van der Waals surface area contributed by atoms with Crippen molar-refractivity contribution in [1.82, 2.24) is 10.3 Å². The monoisotopic (exact) mass is 307 g/mol. The topological polar surface area (TPSA) is 28.2 Å². The molecule has 1 saturated carbocycles. The van der Waals surface area contributed by atoms with Gasteiger partial charge in [0.25, 0.3) is 0 Å². The second kappa shape index (κ2) is 5.77. The minimum absolute atomic E-state index is 0.373. The lowest BCUT2D eigenvalue weighted by molar-refractivity contribution is 0.263. The van der Waals surface area contributed by atoms with E-state index >= 15 is 0 Å². The predicted molar refractivity (Wildman–Crippen MR) is 88.9 cm³/mol. The van der Waals surface area contributed by atoms with Gasteiger partial charge in [0.2, 0.25) is 0 Å². The van der Waals surface area contributed by atoms with Crippen molar-refractivity contribution in [2.75, 3.05) is 18.0 Å². The number of halogens is 1. The Hall–Kier alpha value is -0.800. The molecule has 4 heteroatoms. The Labute approximate surface area is 133 Å². The van der Waals surface area contributed by atoms with Crippen LogP contribution in [0.5, 0.6) is 0 Å². The Kier molecular flexibility index (Phi) is 4.15. The van der Waals surface area contributed by atoms with Gasteiger partial charge in [-0.25, -0.2) is 4.98 Å². The lowest BCUT2D eigenvalue weighted by Gasteiger charge is -2.27. The Bertz CT molecular complexity index is 505. The molecule has 1 atom stereocenters. The van der Waals surface area contributed by atoms with Gasteiger partial charge >= 0.3 is 0 Å². The molecule has 3 nitrogen and oxygen atoms in total. The van der Waals surface area contributed by atoms with E-state index < -0.39 is 0 Å². The summed E-state index contributed by atoms with van der Waals surface area (Å²) in [4.78, 5) is 7.21. The maximum absolute atomic E-state index is 6.29. The van der Waals surface area contributed by atoms with Crippen LogP contribution >= 0.6 is 11.6 Å². The molecule has 2 heterocycles. The fourth-order valence-corrected chi connectivity index (χ4v) is 3.15. The van der Waals surface area contributed by atoms with E-state index in [4.69, 9.17) is 16.6 Å². The minimum atomic E-state index is 0.373. The molecule has 2 fully saturated rings. The summed E-state index contributed by atoms with van der Waals surface area (Å²) < 4.78 is 0. The van der Waals surface area contributed by atoms with Crippen molar-refractivity contribution in [3.8, 4) is 0 Å². The average Bonchev–Trinajstić information content (AvgIpc) is 3.10. The highest BCUT2D eigenvalue weighted by molar-refractivity contribution is 6.31. The maximum atomic E-state index is 6.29. The molecule has 1 aliphatic heterocycles. The van der Waals surface area contributed by atoms with E-state index in [1.807, 2.05) is 6.07 Å². The first-order chi connectivity index (χ1) is 9.93. The van der Waals surface area contributed by atoms with Gasteiger partial charge < -0.3 is 10.2 Å². The SMILES string of the molecule is CC(C)(C)C1CCN(c2ccc(Cl)c(CNC3CC3)n2)C1. The van der Waals surface area contributed by atoms with Crippen LogP contribution in [0.3, 0.4) is 0 Å². The van der Waals surface area contributed by atoms with E-state index in [1.165, 1.54) is 19.3 Å². The number of anilines is 1. The summed E-state index contributed by atoms with van der Waals surface area (Å²) in [6.07, 6.45) is 3.83. The molecule has 1 aromatic rings. The van der Waals surface area contributed by atoms with Crippen LogP contribution in [-0.4, -0.2) is 24.1 Å². The third-order valence-electron chi connectivity index (χ3n) is 4.78. The first-order valence-electron chi connectivity index (χ1n) is 8.07. The van der Waals surface area contributed by atoms with Crippen LogP contribution in [0.25, 0.3) is 0 Å². The summed E-state index contributed by atoms with van der Waals surface area (Å²) in [7, 11) is 0. The largest absolute Gasteiger partial charge is 0.356 e. The minimum Gasteiger partial charge on any atom is -0.356 e. The molecule has 1 aliphatic carbocycles. The van der Waals surface area contributed by atoms with Crippen molar-refractivity contribution in [3.63, 3.8) is 0 Å². The second-order valence-corrected chi connectivity index (χ2v) is 7.96. The van der Waals surface area contributed by atoms with Gasteiger partial charge in [-0.05, 0) is 42.7 Å². The first-order valence-corrected chi connectivity index (χ1v) is 8.45. The molecule has 1 saturated heterocycles. The Morgan fingerprint density at radius 3 is 2.67 bits per heavy atom. The van der Waals surface area contributed by atoms with Crippen LogP contribution in [0, 0.1) is 11.3 Å². The molecule has 0 spiro atoms. The molecule has 0 radical (unpaired) electrons. The van der Waals surface area contributed by atoms with Crippen molar-refractivity contribution in [2.24, 2.45) is 11.3 Å². The highest BCUT2D eigenvalue weighted by Gasteiger charge is 2.32. The van der Waals surface area contributed by atoms with Gasteiger partial charge in [-0.15, -0.1) is 0 Å². The summed E-state index contributed by atoms with van der Waals surface area (Å²) in [5, 5.41) is 4.28. The van der Waals surface area contributed by atoms with Gasteiger partial charge in [-0.3, -0.25) is 0 Å². The fraction of sp³-hybridized carbons (Fsp3) is 0.706. The van der Waals surface area contributed by atoms with Crippen molar-refractivity contribution in [2.45, 2.75) is 52.6 Å². The van der Waals surface area contributed by atoms with Crippen LogP contribution in [-0.2, 0) is 6.54 Å². The van der Waals surface area contributed by atoms with Gasteiger partial charge in [-0.2, -0.15) is 0 Å². The number of aromatic nitrogens is 1. The Balaban J connectivity index is 1.69. The summed E-state index contributed by atoms with van der Waals surface area (Å²) in [6.45, 7) is 10.00. The number of nitrogens with one attached hydrogen (secondary N) is 1. The van der Waals surface area contributed by atoms with Crippen molar-refractivity contribution < 1.29 is 0 Å². The molecule has 1 unspecified atom stereocenters. The normalized spacial score (nSPS) is 22.9. The number of rotatable bonds is 4. The predicted octanol–water partition coefficient (Wildman–Crippen LogP) is 3.86. The molecule has 0 amide bonds. The Morgan fingerprint density at radius 1 is 1.29 bits per heavy atom. The lowest BCUT2D eigenvalue weighted by Crippen LogP contribution is -2.26. The second-order valence-electron chi connectivity index (χ2n) is 7.55. The van der Waals surface area contributed by atoms with Crippen LogP contribution in [0.1, 0.15) is 45.7 Å². The van der Waals surface area contributed by atoms with E-state index in [-0.39, 0.29) is 0 Å². The van der Waals surface area contributed by atoms with Gasteiger partial charge in [0, 0.05) is 25.7 Å². The molecule has 0 bridgehead atoms. The maximum Gasteiger partial charge on any atom is 0.128 e. The molecular formula is C17H26ClN3. The zero-order chi connectivity index (χ0) is 15.0. The number of pyridine rings is 1. The van der Waals surface area contributed by atoms with Crippen molar-refractivity contribution in [1.29, 1.82) is 0 Å². The molecule has 3 rings (SSSR count). The summed E-state index contributed by atoms with van der Waals surface area (Å²) in [5.41, 5.74) is 1.36. The quantitative estimate of drug-likeness (QED) is 0.915. The van der Waals surface area contributed by atoms with E-state index in [2.05, 4.69) is 37.1 Å². The van der Waals surface area contributed by atoms with Crippen LogP contribution < -0.4 is 10.2 Å². The lowest BCUT2D eigenvalue weighted by atomic mass is 9.80. The van der Waals surface area contributed by atoms with Gasteiger partial charge in [-0.1, -0.05) is 32.4 Å². The zero-order valence-corrected chi connectivity index (χ0v) is 14.1. The molecule has 0 aromatic carbocycles. The van der Waals surface area contributed by atoms with Crippen LogP contribution in [0.15, 0.2) is 12.1 Å². The highest BCUT2D eigenvalue weighted by Crippen LogP contribution is 2.35. The van der Waals surface area contributed by atoms with Crippen molar-refractivity contribution in [3.05, 3.63) is 22.8 Å². The molecular weight excluding hydrogens is 282 g/mol. The number of hydrogen-bond acceptors (Lipinski definition) is 3. The van der Waals surface area contributed by atoms with Crippen molar-refractivity contribution >= 4 is 17.4 Å². The van der Waals surface area contributed by atoms with Crippen LogP contribution in [0.2, 0.25) is 5.02 Å². The Morgan fingerprint density at radius 2 is 2.05 bits per heavy atom.